The SMILES string of the molecule is CC(C1CCCC1)C1CCC2C(O)C3(CCCC34CCCC4)CC3(C=O)C4CCC56CCC#Cc7ccccc7CC(NCO)C7CC(CC5(O)C4(O)C(O)C(C1)C23O)C6C1=CC(=O)OC17. The summed E-state index contributed by atoms with van der Waals surface area (Å²) in [7, 11) is 0. The molecule has 10 aliphatic carbocycles. The van der Waals surface area contributed by atoms with Gasteiger partial charge in [0.1, 0.15) is 23.6 Å². The van der Waals surface area contributed by atoms with E-state index in [1.54, 1.807) is 6.08 Å². The summed E-state index contributed by atoms with van der Waals surface area (Å²) in [6, 6.07) is 7.75. The average Bonchev–Trinajstić information content (AvgIpc) is 4.16. The van der Waals surface area contributed by atoms with Crippen LogP contribution in [-0.2, 0) is 20.7 Å². The van der Waals surface area contributed by atoms with E-state index in [-0.39, 0.29) is 54.7 Å². The number of esters is 1. The zero-order valence-electron chi connectivity index (χ0n) is 39.1. The van der Waals surface area contributed by atoms with Gasteiger partial charge in [-0.3, -0.25) is 5.32 Å². The number of carbonyl (C=O) groups is 2. The van der Waals surface area contributed by atoms with Gasteiger partial charge in [0, 0.05) is 58.6 Å². The molecule has 10 nitrogen and oxygen atoms in total. The molecule has 66 heavy (non-hydrogen) atoms. The molecule has 18 unspecified atom stereocenters. The largest absolute Gasteiger partial charge is 0.454 e. The Bertz CT molecular complexity index is 2220. The van der Waals surface area contributed by atoms with E-state index in [9.17, 15) is 35.4 Å². The second-order valence-electron chi connectivity index (χ2n) is 24.6. The van der Waals surface area contributed by atoms with Gasteiger partial charge in [-0.25, -0.2) is 4.79 Å². The van der Waals surface area contributed by atoms with Crippen molar-refractivity contribution in [3.8, 4) is 11.8 Å². The smallest absolute Gasteiger partial charge is 0.331 e. The Hall–Kier alpha value is -2.62. The Morgan fingerprint density at radius 1 is 0.848 bits per heavy atom. The molecule has 1 aromatic rings. The number of carbonyl (C=O) groups excluding carboxylic acids is 2. The predicted octanol–water partition coefficient (Wildman–Crippen LogP) is 6.29. The molecule has 7 N–H and O–H groups in total. The van der Waals surface area contributed by atoms with Crippen LogP contribution < -0.4 is 5.32 Å². The third kappa shape index (κ3) is 5.46. The molecule has 18 atom stereocenters. The van der Waals surface area contributed by atoms with E-state index >= 15 is 4.79 Å². The van der Waals surface area contributed by atoms with Crippen molar-refractivity contribution in [3.63, 3.8) is 0 Å². The highest BCUT2D eigenvalue weighted by Crippen LogP contribution is 2.81. The van der Waals surface area contributed by atoms with Crippen molar-refractivity contribution in [3.05, 3.63) is 47.0 Å². The second kappa shape index (κ2) is 15.4. The molecule has 11 aliphatic rings. The summed E-state index contributed by atoms with van der Waals surface area (Å²) >= 11 is 0. The maximum Gasteiger partial charge on any atom is 0.331 e. The maximum atomic E-state index is 15.1. The molecule has 1 aromatic carbocycles. The molecule has 12 rings (SSSR count). The summed E-state index contributed by atoms with van der Waals surface area (Å²) in [6.07, 6.45) is 15.9. The van der Waals surface area contributed by atoms with Gasteiger partial charge in [0.25, 0.3) is 0 Å². The molecule has 10 heteroatoms. The summed E-state index contributed by atoms with van der Waals surface area (Å²) < 4.78 is 6.28. The zero-order chi connectivity index (χ0) is 45.6. The highest BCUT2D eigenvalue weighted by atomic mass is 16.5. The molecule has 3 spiro atoms. The van der Waals surface area contributed by atoms with E-state index in [2.05, 4.69) is 30.1 Å². The van der Waals surface area contributed by atoms with Gasteiger partial charge >= 0.3 is 5.97 Å². The molecule has 358 valence electrons. The lowest BCUT2D eigenvalue weighted by Gasteiger charge is -2.75. The van der Waals surface area contributed by atoms with Gasteiger partial charge in [0.15, 0.2) is 0 Å². The molecule has 9 fully saturated rings. The number of hydrogen-bond donors (Lipinski definition) is 7. The van der Waals surface area contributed by atoms with Crippen LogP contribution in [0.25, 0.3) is 0 Å². The van der Waals surface area contributed by atoms with Gasteiger partial charge in [-0.2, -0.15) is 0 Å². The van der Waals surface area contributed by atoms with Crippen LogP contribution >= 0.6 is 0 Å². The van der Waals surface area contributed by atoms with E-state index in [0.29, 0.717) is 63.2 Å². The summed E-state index contributed by atoms with van der Waals surface area (Å²) in [6.45, 7) is 2.06. The molecule has 0 radical (unpaired) electrons. The topological polar surface area (TPSA) is 177 Å². The van der Waals surface area contributed by atoms with Gasteiger partial charge in [-0.05, 0) is 142 Å². The number of ether oxygens (including phenoxy) is 1. The Kier molecular flexibility index (Phi) is 10.4. The van der Waals surface area contributed by atoms with Crippen LogP contribution in [0.4, 0.5) is 0 Å². The van der Waals surface area contributed by atoms with Crippen LogP contribution in [0.5, 0.6) is 0 Å². The van der Waals surface area contributed by atoms with Crippen LogP contribution in [0, 0.1) is 86.8 Å². The van der Waals surface area contributed by atoms with E-state index in [1.165, 1.54) is 12.8 Å². The van der Waals surface area contributed by atoms with Gasteiger partial charge in [-0.1, -0.05) is 81.9 Å². The third-order valence-electron chi connectivity index (χ3n) is 23.2. The minimum Gasteiger partial charge on any atom is -0.454 e. The van der Waals surface area contributed by atoms with E-state index < -0.39 is 75.1 Å². The Morgan fingerprint density at radius 2 is 1.62 bits per heavy atom. The lowest BCUT2D eigenvalue weighted by Crippen LogP contribution is -2.86. The molecule has 0 amide bonds. The minimum absolute atomic E-state index is 0.0983. The fraction of sp³-hybridized carbons (Fsp3) is 0.786. The van der Waals surface area contributed by atoms with Crippen LogP contribution in [0.2, 0.25) is 0 Å². The van der Waals surface area contributed by atoms with Crippen LogP contribution in [0.15, 0.2) is 35.9 Å². The van der Waals surface area contributed by atoms with E-state index in [1.807, 2.05) is 18.2 Å². The Balaban J connectivity index is 1.05. The predicted molar refractivity (Wildman–Crippen MR) is 246 cm³/mol. The first-order valence-electron chi connectivity index (χ1n) is 26.6. The van der Waals surface area contributed by atoms with Gasteiger partial charge in [-0.15, -0.1) is 0 Å². The zero-order valence-corrected chi connectivity index (χ0v) is 39.1. The summed E-state index contributed by atoms with van der Waals surface area (Å²) in [4.78, 5) is 28.7. The number of aldehydes is 1. The van der Waals surface area contributed by atoms with Gasteiger partial charge in [0.2, 0.25) is 0 Å². The second-order valence-corrected chi connectivity index (χ2v) is 24.6. The molecule has 0 saturated heterocycles. The number of aliphatic hydroxyl groups excluding tert-OH is 3. The minimum atomic E-state index is -2.21. The number of nitrogens with one attached hydrogen (secondary N) is 1. The van der Waals surface area contributed by atoms with E-state index in [4.69, 9.17) is 4.74 Å². The van der Waals surface area contributed by atoms with Crippen molar-refractivity contribution in [2.24, 2.45) is 74.9 Å². The molecule has 1 aliphatic heterocycles. The monoisotopic (exact) mass is 906 g/mol. The lowest BCUT2D eigenvalue weighted by atomic mass is 9.31. The fourth-order valence-corrected chi connectivity index (χ4v) is 20.7. The van der Waals surface area contributed by atoms with Crippen molar-refractivity contribution >= 4 is 12.3 Å². The molecular weight excluding hydrogens is 831 g/mol. The van der Waals surface area contributed by atoms with Crippen molar-refractivity contribution in [2.75, 3.05) is 6.73 Å². The Labute approximate surface area is 391 Å². The quantitative estimate of drug-likeness (QED) is 0.0770. The summed E-state index contributed by atoms with van der Waals surface area (Å²) in [5.74, 6) is 3.98. The number of rotatable bonds is 5. The van der Waals surface area contributed by atoms with Crippen molar-refractivity contribution in [2.45, 2.75) is 189 Å². The number of aliphatic hydroxyl groups is 6. The molecule has 1 heterocycles. The summed E-state index contributed by atoms with van der Waals surface area (Å²) in [5.41, 5.74) is -6.59. The summed E-state index contributed by atoms with van der Waals surface area (Å²) in [5, 5.41) is 84.2. The Morgan fingerprint density at radius 3 is 2.39 bits per heavy atom. The van der Waals surface area contributed by atoms with Crippen molar-refractivity contribution < 1.29 is 45.0 Å². The normalized spacial score (nSPS) is 50.3. The maximum absolute atomic E-state index is 15.1. The fourth-order valence-electron chi connectivity index (χ4n) is 20.7. The van der Waals surface area contributed by atoms with Crippen LogP contribution in [0.1, 0.15) is 153 Å². The highest BCUT2D eigenvalue weighted by molar-refractivity contribution is 5.86. The third-order valence-corrected chi connectivity index (χ3v) is 23.2. The molecule has 0 aromatic heterocycles. The standard InChI is InChI=1S/C56H75NO9/c1-33(34-11-2-3-12-34)36-16-17-41-48(61)52(23-10-21-50(52)19-8-9-20-50)30-53(31-58)44-18-24-51-22-7-6-14-35-13-4-5-15-37(35)27-43(57-32-59)39-25-38(46(51)40-28-45(60)66-47(39)40)29-54(51,63)56(44,65)49(62)42(26-36)55(41,53)64/h4-5,13,15,28,31,33-34,36,38-39,41-44,46-49,57,59,61-65H,2-3,7-12,16-27,29-30,32H2,1H3. The first-order valence-corrected chi connectivity index (χ1v) is 26.6. The molecule has 4 bridgehead atoms. The van der Waals surface area contributed by atoms with Gasteiger partial charge < -0.3 is 40.2 Å². The first kappa shape index (κ1) is 44.6. The van der Waals surface area contributed by atoms with Crippen LogP contribution in [-0.4, -0.2) is 90.8 Å². The number of fused-ring (bicyclic) bond motifs is 8. The molecular formula is C56H75NO9. The van der Waals surface area contributed by atoms with Gasteiger partial charge in [0.05, 0.1) is 30.0 Å². The van der Waals surface area contributed by atoms with Crippen LogP contribution in [0.3, 0.4) is 0 Å². The molecule has 9 saturated carbocycles. The average molecular weight is 906 g/mol. The van der Waals surface area contributed by atoms with Crippen molar-refractivity contribution in [1.82, 2.24) is 5.32 Å². The first-order chi connectivity index (χ1) is 31.8. The highest BCUT2D eigenvalue weighted by Gasteiger charge is 2.87. The number of hydrogen-bond acceptors (Lipinski definition) is 10. The van der Waals surface area contributed by atoms with E-state index in [0.717, 1.165) is 87.2 Å². The lowest BCUT2D eigenvalue weighted by molar-refractivity contribution is -0.387. The van der Waals surface area contributed by atoms with Crippen molar-refractivity contribution in [1.29, 1.82) is 0 Å². The number of benzene rings is 1.